The van der Waals surface area contributed by atoms with Crippen molar-refractivity contribution in [3.05, 3.63) is 62.6 Å². The van der Waals surface area contributed by atoms with Crippen LogP contribution in [-0.2, 0) is 0 Å². The molecular formula is C14H10BrClF2O2. The fraction of sp³-hybridized carbons (Fsp3) is 0.143. The summed E-state index contributed by atoms with van der Waals surface area (Å²) in [5.74, 6) is -0.975. The van der Waals surface area contributed by atoms with Crippen molar-refractivity contribution in [3.8, 4) is 5.75 Å². The fourth-order valence-electron chi connectivity index (χ4n) is 1.80. The zero-order valence-electron chi connectivity index (χ0n) is 10.3. The van der Waals surface area contributed by atoms with Crippen LogP contribution in [0, 0.1) is 11.6 Å². The van der Waals surface area contributed by atoms with E-state index in [0.717, 1.165) is 12.1 Å². The average Bonchev–Trinajstić information content (AvgIpc) is 2.43. The molecule has 0 fully saturated rings. The summed E-state index contributed by atoms with van der Waals surface area (Å²) in [7, 11) is 1.36. The summed E-state index contributed by atoms with van der Waals surface area (Å²) in [5, 5.41) is 10.3. The highest BCUT2D eigenvalue weighted by atomic mass is 79.9. The molecule has 1 N–H and O–H groups in total. The zero-order valence-corrected chi connectivity index (χ0v) is 12.7. The number of benzene rings is 2. The van der Waals surface area contributed by atoms with Gasteiger partial charge >= 0.3 is 0 Å². The lowest BCUT2D eigenvalue weighted by atomic mass is 10.0. The molecule has 2 aromatic rings. The van der Waals surface area contributed by atoms with Gasteiger partial charge in [-0.25, -0.2) is 8.78 Å². The Kier molecular flexibility index (Phi) is 4.62. The minimum atomic E-state index is -1.16. The van der Waals surface area contributed by atoms with Gasteiger partial charge in [0.25, 0.3) is 0 Å². The lowest BCUT2D eigenvalue weighted by molar-refractivity contribution is 0.214. The molecule has 0 radical (unpaired) electrons. The van der Waals surface area contributed by atoms with Crippen molar-refractivity contribution in [1.82, 2.24) is 0 Å². The van der Waals surface area contributed by atoms with Gasteiger partial charge in [-0.2, -0.15) is 0 Å². The number of rotatable bonds is 3. The first kappa shape index (κ1) is 15.2. The van der Waals surface area contributed by atoms with E-state index >= 15 is 0 Å². The number of aliphatic hydroxyl groups is 1. The van der Waals surface area contributed by atoms with Gasteiger partial charge in [-0.05, 0) is 39.7 Å². The van der Waals surface area contributed by atoms with Gasteiger partial charge in [0, 0.05) is 11.6 Å². The van der Waals surface area contributed by atoms with E-state index in [2.05, 4.69) is 15.9 Å². The van der Waals surface area contributed by atoms with Crippen LogP contribution >= 0.6 is 27.5 Å². The van der Waals surface area contributed by atoms with Gasteiger partial charge in [0.1, 0.15) is 23.5 Å². The van der Waals surface area contributed by atoms with Crippen molar-refractivity contribution in [2.45, 2.75) is 6.10 Å². The molecule has 0 bridgehead atoms. The summed E-state index contributed by atoms with van der Waals surface area (Å²) in [4.78, 5) is 0. The third-order valence-electron chi connectivity index (χ3n) is 2.83. The Balaban J connectivity index is 2.49. The summed E-state index contributed by atoms with van der Waals surface area (Å²) in [6.45, 7) is 0. The Hall–Kier alpha value is -1.17. The van der Waals surface area contributed by atoms with Crippen LogP contribution in [0.25, 0.3) is 0 Å². The predicted octanol–water partition coefficient (Wildman–Crippen LogP) is 4.47. The van der Waals surface area contributed by atoms with Gasteiger partial charge in [0.15, 0.2) is 0 Å². The van der Waals surface area contributed by atoms with Crippen LogP contribution in [0.15, 0.2) is 34.8 Å². The minimum absolute atomic E-state index is 0.0341. The Morgan fingerprint density at radius 1 is 1.20 bits per heavy atom. The summed E-state index contributed by atoms with van der Waals surface area (Å²) in [5.41, 5.74) is 0.617. The second kappa shape index (κ2) is 6.08. The van der Waals surface area contributed by atoms with Crippen molar-refractivity contribution < 1.29 is 18.6 Å². The third-order valence-corrected chi connectivity index (χ3v) is 3.74. The van der Waals surface area contributed by atoms with Crippen LogP contribution in [0.5, 0.6) is 5.75 Å². The summed E-state index contributed by atoms with van der Waals surface area (Å²) < 4.78 is 32.1. The largest absolute Gasteiger partial charge is 0.496 e. The Bertz CT molecular complexity index is 649. The van der Waals surface area contributed by atoms with Crippen molar-refractivity contribution >= 4 is 27.5 Å². The topological polar surface area (TPSA) is 29.5 Å². The van der Waals surface area contributed by atoms with Gasteiger partial charge in [-0.1, -0.05) is 17.7 Å². The van der Waals surface area contributed by atoms with Crippen LogP contribution in [0.3, 0.4) is 0 Å². The zero-order chi connectivity index (χ0) is 14.9. The van der Waals surface area contributed by atoms with Crippen LogP contribution in [-0.4, -0.2) is 12.2 Å². The third kappa shape index (κ3) is 2.95. The first-order chi connectivity index (χ1) is 9.43. The van der Waals surface area contributed by atoms with E-state index in [1.54, 1.807) is 0 Å². The molecular weight excluding hydrogens is 354 g/mol. The second-order valence-corrected chi connectivity index (χ2v) is 5.35. The van der Waals surface area contributed by atoms with Gasteiger partial charge in [0.2, 0.25) is 0 Å². The summed E-state index contributed by atoms with van der Waals surface area (Å²) in [6, 6.07) is 6.51. The van der Waals surface area contributed by atoms with E-state index in [9.17, 15) is 13.9 Å². The maximum atomic E-state index is 13.4. The molecule has 0 saturated carbocycles. The highest BCUT2D eigenvalue weighted by Crippen LogP contribution is 2.34. The monoisotopic (exact) mass is 362 g/mol. The molecule has 1 atom stereocenters. The number of aliphatic hydroxyl groups excluding tert-OH is 1. The molecule has 20 heavy (non-hydrogen) atoms. The highest BCUT2D eigenvalue weighted by Gasteiger charge is 2.19. The quantitative estimate of drug-likeness (QED) is 0.872. The first-order valence-corrected chi connectivity index (χ1v) is 6.77. The molecule has 106 valence electrons. The number of hydrogen-bond donors (Lipinski definition) is 1. The highest BCUT2D eigenvalue weighted by molar-refractivity contribution is 9.10. The maximum Gasteiger partial charge on any atom is 0.142 e. The SMILES string of the molecule is COc1cc(F)c(Br)cc1C(O)c1ccc(Cl)c(F)c1. The van der Waals surface area contributed by atoms with Gasteiger partial charge in [-0.15, -0.1) is 0 Å². The van der Waals surface area contributed by atoms with Crippen molar-refractivity contribution in [1.29, 1.82) is 0 Å². The van der Waals surface area contributed by atoms with Crippen LogP contribution in [0.4, 0.5) is 8.78 Å². The molecule has 2 rings (SSSR count). The molecule has 0 amide bonds. The van der Waals surface area contributed by atoms with Gasteiger partial charge in [0.05, 0.1) is 16.6 Å². The minimum Gasteiger partial charge on any atom is -0.496 e. The molecule has 2 nitrogen and oxygen atoms in total. The number of ether oxygens (including phenoxy) is 1. The molecule has 6 heteroatoms. The van der Waals surface area contributed by atoms with Crippen LogP contribution in [0.2, 0.25) is 5.02 Å². The van der Waals surface area contributed by atoms with E-state index < -0.39 is 17.7 Å². The van der Waals surface area contributed by atoms with Crippen molar-refractivity contribution in [3.63, 3.8) is 0 Å². The lowest BCUT2D eigenvalue weighted by Gasteiger charge is -2.16. The molecule has 1 unspecified atom stereocenters. The fourth-order valence-corrected chi connectivity index (χ4v) is 2.28. The Labute approximate surface area is 128 Å². The lowest BCUT2D eigenvalue weighted by Crippen LogP contribution is -2.04. The van der Waals surface area contributed by atoms with E-state index in [-0.39, 0.29) is 15.2 Å². The summed E-state index contributed by atoms with van der Waals surface area (Å²) in [6.07, 6.45) is -1.16. The van der Waals surface area contributed by atoms with Crippen LogP contribution < -0.4 is 4.74 Å². The van der Waals surface area contributed by atoms with Gasteiger partial charge in [-0.3, -0.25) is 0 Å². The Morgan fingerprint density at radius 3 is 2.50 bits per heavy atom. The molecule has 0 aromatic heterocycles. The maximum absolute atomic E-state index is 13.4. The second-order valence-electron chi connectivity index (χ2n) is 4.08. The molecule has 2 aromatic carbocycles. The molecule has 0 aliphatic heterocycles. The molecule has 0 heterocycles. The average molecular weight is 364 g/mol. The molecule has 0 saturated heterocycles. The van der Waals surface area contributed by atoms with E-state index in [0.29, 0.717) is 11.1 Å². The number of methoxy groups -OCH3 is 1. The Morgan fingerprint density at radius 2 is 1.90 bits per heavy atom. The number of hydrogen-bond acceptors (Lipinski definition) is 2. The first-order valence-electron chi connectivity index (χ1n) is 5.60. The smallest absolute Gasteiger partial charge is 0.142 e. The van der Waals surface area contributed by atoms with Gasteiger partial charge < -0.3 is 9.84 Å². The van der Waals surface area contributed by atoms with Crippen molar-refractivity contribution in [2.24, 2.45) is 0 Å². The molecule has 0 spiro atoms. The normalized spacial score (nSPS) is 12.3. The number of halogens is 4. The standard InChI is InChI=1S/C14H10BrClF2O2/c1-20-13-6-11(17)9(15)5-8(13)14(19)7-2-3-10(16)12(18)4-7/h2-6,14,19H,1H3. The van der Waals surface area contributed by atoms with Crippen molar-refractivity contribution in [2.75, 3.05) is 7.11 Å². The molecule has 0 aliphatic rings. The summed E-state index contributed by atoms with van der Waals surface area (Å²) >= 11 is 8.64. The van der Waals surface area contributed by atoms with E-state index in [4.69, 9.17) is 16.3 Å². The molecule has 0 aliphatic carbocycles. The van der Waals surface area contributed by atoms with Crippen LogP contribution in [0.1, 0.15) is 17.2 Å². The predicted molar refractivity (Wildman–Crippen MR) is 76.1 cm³/mol. The van der Waals surface area contributed by atoms with E-state index in [1.807, 2.05) is 0 Å². The van der Waals surface area contributed by atoms with E-state index in [1.165, 1.54) is 25.3 Å².